The lowest BCUT2D eigenvalue weighted by atomic mass is 10.4. The van der Waals surface area contributed by atoms with E-state index in [9.17, 15) is 17.2 Å². The zero-order valence-corrected chi connectivity index (χ0v) is 11.2. The summed E-state index contributed by atoms with van der Waals surface area (Å²) in [6.45, 7) is -2.65. The predicted molar refractivity (Wildman–Crippen MR) is 63.7 cm³/mol. The second-order valence-corrected chi connectivity index (χ2v) is 6.00. The molecule has 0 aliphatic carbocycles. The molecule has 1 rings (SSSR count). The van der Waals surface area contributed by atoms with Crippen molar-refractivity contribution in [1.29, 1.82) is 0 Å². The van der Waals surface area contributed by atoms with Crippen molar-refractivity contribution < 1.29 is 22.3 Å². The molecule has 0 radical (unpaired) electrons. The molecule has 0 atom stereocenters. The lowest BCUT2D eigenvalue weighted by Crippen LogP contribution is -2.38. The summed E-state index contributed by atoms with van der Waals surface area (Å²) >= 11 is 11.2. The van der Waals surface area contributed by atoms with Gasteiger partial charge < -0.3 is 5.11 Å². The van der Waals surface area contributed by atoms with Crippen LogP contribution in [-0.4, -0.2) is 32.6 Å². The van der Waals surface area contributed by atoms with Crippen LogP contribution in [0.25, 0.3) is 0 Å². The van der Waals surface area contributed by atoms with E-state index in [0.29, 0.717) is 0 Å². The molecule has 0 bridgehead atoms. The van der Waals surface area contributed by atoms with Crippen molar-refractivity contribution in [1.82, 2.24) is 4.72 Å². The molecule has 0 saturated heterocycles. The first kappa shape index (κ1) is 15.6. The van der Waals surface area contributed by atoms with Gasteiger partial charge in [-0.15, -0.1) is 0 Å². The monoisotopic (exact) mass is 319 g/mol. The van der Waals surface area contributed by atoms with Crippen LogP contribution in [0.2, 0.25) is 10.0 Å². The molecule has 0 fully saturated rings. The first-order valence-corrected chi connectivity index (χ1v) is 6.85. The van der Waals surface area contributed by atoms with E-state index >= 15 is 0 Å². The van der Waals surface area contributed by atoms with Crippen LogP contribution in [-0.2, 0) is 10.0 Å². The van der Waals surface area contributed by atoms with E-state index in [-0.39, 0.29) is 14.9 Å². The van der Waals surface area contributed by atoms with Gasteiger partial charge in [-0.05, 0) is 18.2 Å². The van der Waals surface area contributed by atoms with Crippen molar-refractivity contribution >= 4 is 33.2 Å². The van der Waals surface area contributed by atoms with Gasteiger partial charge in [-0.2, -0.15) is 0 Å². The van der Waals surface area contributed by atoms with E-state index in [1.54, 1.807) is 4.72 Å². The normalized spacial score (nSPS) is 12.7. The maximum atomic E-state index is 12.7. The Morgan fingerprint density at radius 2 is 1.89 bits per heavy atom. The topological polar surface area (TPSA) is 66.4 Å². The summed E-state index contributed by atoms with van der Waals surface area (Å²) in [5, 5.41) is 8.46. The third-order valence-electron chi connectivity index (χ3n) is 1.95. The molecule has 0 aliphatic rings. The second-order valence-electron chi connectivity index (χ2n) is 3.41. The van der Waals surface area contributed by atoms with Gasteiger partial charge in [-0.25, -0.2) is 21.9 Å². The van der Waals surface area contributed by atoms with Crippen LogP contribution in [0.5, 0.6) is 0 Å². The van der Waals surface area contributed by atoms with Gasteiger partial charge in [-0.1, -0.05) is 23.2 Å². The average molecular weight is 320 g/mol. The molecule has 0 saturated carbocycles. The number of rotatable bonds is 5. The Morgan fingerprint density at radius 3 is 2.39 bits per heavy atom. The molecule has 1 aromatic carbocycles. The van der Waals surface area contributed by atoms with Crippen molar-refractivity contribution in [3.63, 3.8) is 0 Å². The molecule has 0 spiro atoms. The fraction of sp³-hybridized carbons (Fsp3) is 0.333. The molecule has 2 N–H and O–H groups in total. The van der Waals surface area contributed by atoms with Gasteiger partial charge in [0.05, 0.1) is 21.5 Å². The van der Waals surface area contributed by atoms with E-state index in [1.807, 2.05) is 0 Å². The molecular formula is C9H9Cl2F2NO3S. The van der Waals surface area contributed by atoms with Crippen molar-refractivity contribution in [2.75, 3.05) is 13.2 Å². The third kappa shape index (κ3) is 4.03. The Hall–Kier alpha value is -0.470. The van der Waals surface area contributed by atoms with Crippen molar-refractivity contribution in [2.45, 2.75) is 10.8 Å². The maximum Gasteiger partial charge on any atom is 0.283 e. The SMILES string of the molecule is O=S(=O)(NCC(F)(F)CO)c1ccc(Cl)c(Cl)c1. The standard InChI is InChI=1S/C9H9Cl2F2NO3S/c10-7-2-1-6(3-8(7)11)18(16,17)14-4-9(12,13)5-15/h1-3,14-15H,4-5H2. The Labute approximate surface area is 113 Å². The van der Waals surface area contributed by atoms with Crippen molar-refractivity contribution in [3.05, 3.63) is 28.2 Å². The Morgan fingerprint density at radius 1 is 1.28 bits per heavy atom. The number of benzene rings is 1. The smallest absolute Gasteiger partial charge is 0.283 e. The third-order valence-corrected chi connectivity index (χ3v) is 4.09. The van der Waals surface area contributed by atoms with E-state index < -0.39 is 29.1 Å². The summed E-state index contributed by atoms with van der Waals surface area (Å²) in [5.74, 6) is -3.52. The van der Waals surface area contributed by atoms with Crippen LogP contribution in [0.1, 0.15) is 0 Å². The molecule has 0 heterocycles. The number of nitrogens with one attached hydrogen (secondary N) is 1. The number of hydrogen-bond donors (Lipinski definition) is 2. The molecule has 0 aromatic heterocycles. The fourth-order valence-corrected chi connectivity index (χ4v) is 2.43. The van der Waals surface area contributed by atoms with E-state index in [1.165, 1.54) is 6.07 Å². The van der Waals surface area contributed by atoms with Crippen molar-refractivity contribution in [3.8, 4) is 0 Å². The Bertz CT molecular complexity index is 537. The Kier molecular flexibility index (Phi) is 4.90. The number of hydrogen-bond acceptors (Lipinski definition) is 3. The molecule has 1 aromatic rings. The van der Waals surface area contributed by atoms with Crippen molar-refractivity contribution in [2.24, 2.45) is 0 Å². The van der Waals surface area contributed by atoms with E-state index in [0.717, 1.165) is 12.1 Å². The van der Waals surface area contributed by atoms with E-state index in [4.69, 9.17) is 28.3 Å². The average Bonchev–Trinajstić information content (AvgIpc) is 2.30. The lowest BCUT2D eigenvalue weighted by Gasteiger charge is -2.14. The minimum atomic E-state index is -4.13. The van der Waals surface area contributed by atoms with Gasteiger partial charge in [0.2, 0.25) is 10.0 Å². The summed E-state index contributed by atoms with van der Waals surface area (Å²) in [7, 11) is -4.13. The van der Waals surface area contributed by atoms with Gasteiger partial charge in [0, 0.05) is 0 Å². The van der Waals surface area contributed by atoms with Crippen LogP contribution in [0, 0.1) is 0 Å². The van der Waals surface area contributed by atoms with Crippen LogP contribution < -0.4 is 4.72 Å². The fourth-order valence-electron chi connectivity index (χ4n) is 0.984. The highest BCUT2D eigenvalue weighted by atomic mass is 35.5. The van der Waals surface area contributed by atoms with Gasteiger partial charge >= 0.3 is 0 Å². The molecule has 18 heavy (non-hydrogen) atoms. The molecule has 0 aliphatic heterocycles. The first-order valence-electron chi connectivity index (χ1n) is 4.61. The second kappa shape index (κ2) is 5.66. The number of aliphatic hydroxyl groups excluding tert-OH is 1. The highest BCUT2D eigenvalue weighted by Crippen LogP contribution is 2.25. The van der Waals surface area contributed by atoms with Gasteiger partial charge in [0.15, 0.2) is 0 Å². The largest absolute Gasteiger partial charge is 0.390 e. The summed E-state index contributed by atoms with van der Waals surface area (Å²) in [6.07, 6.45) is 0. The minimum absolute atomic E-state index is 0.00606. The van der Waals surface area contributed by atoms with E-state index in [2.05, 4.69) is 0 Å². The molecule has 4 nitrogen and oxygen atoms in total. The summed E-state index contributed by atoms with van der Waals surface area (Å²) in [6, 6.07) is 3.42. The number of halogens is 4. The van der Waals surface area contributed by atoms with Gasteiger partial charge in [-0.3, -0.25) is 0 Å². The van der Waals surface area contributed by atoms with Crippen LogP contribution in [0.3, 0.4) is 0 Å². The van der Waals surface area contributed by atoms with Gasteiger partial charge in [0.1, 0.15) is 6.61 Å². The minimum Gasteiger partial charge on any atom is -0.390 e. The molecular weight excluding hydrogens is 311 g/mol. The maximum absolute atomic E-state index is 12.7. The summed E-state index contributed by atoms with van der Waals surface area (Å²) < 4.78 is 50.4. The molecule has 9 heteroatoms. The first-order chi connectivity index (χ1) is 8.18. The zero-order valence-electron chi connectivity index (χ0n) is 8.83. The van der Waals surface area contributed by atoms with Crippen LogP contribution in [0.15, 0.2) is 23.1 Å². The quantitative estimate of drug-likeness (QED) is 0.871. The summed E-state index contributed by atoms with van der Waals surface area (Å²) in [4.78, 5) is -0.286. The van der Waals surface area contributed by atoms with Crippen LogP contribution >= 0.6 is 23.2 Å². The Balaban J connectivity index is 2.90. The molecule has 0 amide bonds. The highest BCUT2D eigenvalue weighted by Gasteiger charge is 2.30. The zero-order chi connectivity index (χ0) is 14.0. The lowest BCUT2D eigenvalue weighted by molar-refractivity contribution is -0.0437. The molecule has 0 unspecified atom stereocenters. The predicted octanol–water partition coefficient (Wildman–Crippen LogP) is 1.90. The van der Waals surface area contributed by atoms with Crippen LogP contribution in [0.4, 0.5) is 8.78 Å². The highest BCUT2D eigenvalue weighted by molar-refractivity contribution is 7.89. The number of sulfonamides is 1. The number of aliphatic hydroxyl groups is 1. The molecule has 102 valence electrons. The number of alkyl halides is 2. The summed E-state index contributed by atoms with van der Waals surface area (Å²) in [5.41, 5.74) is 0. The van der Waals surface area contributed by atoms with Gasteiger partial charge in [0.25, 0.3) is 5.92 Å².